The summed E-state index contributed by atoms with van der Waals surface area (Å²) >= 11 is 11.6. The molecule has 25 heavy (non-hydrogen) atoms. The molecule has 0 aliphatic carbocycles. The van der Waals surface area contributed by atoms with E-state index in [4.69, 9.17) is 27.9 Å². The highest BCUT2D eigenvalue weighted by molar-refractivity contribution is 6.28. The van der Waals surface area contributed by atoms with Crippen LogP contribution in [0.25, 0.3) is 0 Å². The summed E-state index contributed by atoms with van der Waals surface area (Å²) < 4.78 is 10.0. The van der Waals surface area contributed by atoms with E-state index < -0.39 is 18.4 Å². The molecule has 1 aliphatic rings. The molecule has 8 nitrogen and oxygen atoms in total. The third-order valence-electron chi connectivity index (χ3n) is 3.60. The molecule has 10 heteroatoms. The lowest BCUT2D eigenvalue weighted by atomic mass is 10.3. The maximum absolute atomic E-state index is 12.6. The monoisotopic (exact) mass is 390 g/mol. The summed E-state index contributed by atoms with van der Waals surface area (Å²) in [5.41, 5.74) is 1.32. The summed E-state index contributed by atoms with van der Waals surface area (Å²) in [6.07, 6.45) is -1.78. The zero-order valence-corrected chi connectivity index (χ0v) is 15.3. The van der Waals surface area contributed by atoms with Gasteiger partial charge in [0.05, 0.1) is 30.0 Å². The Kier molecular flexibility index (Phi) is 6.98. The molecular formula is C15H20Cl2N4O4. The minimum absolute atomic E-state index is 0.0519. The molecular weight excluding hydrogens is 371 g/mol. The van der Waals surface area contributed by atoms with Gasteiger partial charge in [-0.3, -0.25) is 10.2 Å². The van der Waals surface area contributed by atoms with Crippen molar-refractivity contribution in [3.05, 3.63) is 24.3 Å². The Bertz CT molecular complexity index is 619. The molecule has 1 aromatic carbocycles. The second-order valence-corrected chi connectivity index (χ2v) is 6.11. The normalized spacial score (nSPS) is 17.9. The number of rotatable bonds is 6. The van der Waals surface area contributed by atoms with Crippen molar-refractivity contribution in [3.63, 3.8) is 0 Å². The predicted molar refractivity (Wildman–Crippen MR) is 96.2 cm³/mol. The molecule has 0 bridgehead atoms. The smallest absolute Gasteiger partial charge is 0.409 e. The van der Waals surface area contributed by atoms with Gasteiger partial charge < -0.3 is 20.1 Å². The average Bonchev–Trinajstić information content (AvgIpc) is 2.98. The number of benzene rings is 1. The highest BCUT2D eigenvalue weighted by atomic mass is 35.5. The first kappa shape index (κ1) is 19.4. The number of nitrogens with one attached hydrogen (secondary N) is 3. The van der Waals surface area contributed by atoms with Crippen molar-refractivity contribution in [2.45, 2.75) is 24.7 Å². The van der Waals surface area contributed by atoms with Crippen molar-refractivity contribution in [3.8, 4) is 0 Å². The fraction of sp³-hybridized carbons (Fsp3) is 0.467. The summed E-state index contributed by atoms with van der Waals surface area (Å²) in [5.74, 6) is 0.241. The van der Waals surface area contributed by atoms with Crippen LogP contribution in [0.5, 0.6) is 0 Å². The maximum atomic E-state index is 12.6. The van der Waals surface area contributed by atoms with E-state index in [0.717, 1.165) is 0 Å². The molecule has 0 saturated heterocycles. The number of alkyl halides is 2. The van der Waals surface area contributed by atoms with Crippen LogP contribution < -0.4 is 20.9 Å². The van der Waals surface area contributed by atoms with Crippen molar-refractivity contribution >= 4 is 46.7 Å². The first-order valence-electron chi connectivity index (χ1n) is 7.56. The summed E-state index contributed by atoms with van der Waals surface area (Å²) in [5, 5.41) is 7.85. The Morgan fingerprint density at radius 2 is 2.12 bits per heavy atom. The first-order chi connectivity index (χ1) is 12.0. The number of fused-ring (bicyclic) bond motifs is 1. The Hall–Kier alpha value is -1.90. The van der Waals surface area contributed by atoms with Gasteiger partial charge in [-0.2, -0.15) is 0 Å². The zero-order chi connectivity index (χ0) is 18.4. The molecule has 1 aromatic rings. The number of urea groups is 1. The molecule has 1 heterocycles. The van der Waals surface area contributed by atoms with Crippen LogP contribution in [-0.4, -0.2) is 49.6 Å². The number of carbonyl (C=O) groups is 2. The van der Waals surface area contributed by atoms with Crippen LogP contribution in [0.15, 0.2) is 24.3 Å². The van der Waals surface area contributed by atoms with Crippen LogP contribution in [0.1, 0.15) is 6.92 Å². The van der Waals surface area contributed by atoms with Gasteiger partial charge in [-0.05, 0) is 19.1 Å². The Labute approximate surface area is 155 Å². The lowest BCUT2D eigenvalue weighted by Gasteiger charge is -2.25. The predicted octanol–water partition coefficient (Wildman–Crippen LogP) is 2.48. The number of anilines is 2. The van der Waals surface area contributed by atoms with E-state index >= 15 is 0 Å². The van der Waals surface area contributed by atoms with Gasteiger partial charge in [0, 0.05) is 5.88 Å². The van der Waals surface area contributed by atoms with Gasteiger partial charge in [-0.1, -0.05) is 12.1 Å². The minimum Gasteiger partial charge on any atom is -0.453 e. The van der Waals surface area contributed by atoms with Gasteiger partial charge in [0.1, 0.15) is 6.73 Å². The van der Waals surface area contributed by atoms with E-state index in [9.17, 15) is 9.59 Å². The van der Waals surface area contributed by atoms with Gasteiger partial charge >= 0.3 is 12.1 Å². The highest BCUT2D eigenvalue weighted by Gasteiger charge is 2.34. The zero-order valence-electron chi connectivity index (χ0n) is 13.8. The molecule has 3 unspecified atom stereocenters. The molecule has 0 radical (unpaired) electrons. The van der Waals surface area contributed by atoms with E-state index in [1.54, 1.807) is 25.1 Å². The molecule has 3 N–H and O–H groups in total. The van der Waals surface area contributed by atoms with Crippen molar-refractivity contribution in [2.24, 2.45) is 0 Å². The molecule has 3 atom stereocenters. The molecule has 0 saturated carbocycles. The van der Waals surface area contributed by atoms with Gasteiger partial charge in [0.15, 0.2) is 6.29 Å². The van der Waals surface area contributed by atoms with Crippen LogP contribution in [-0.2, 0) is 9.47 Å². The first-order valence-corrected chi connectivity index (χ1v) is 8.53. The number of hydrogen-bond acceptors (Lipinski definition) is 5. The minimum atomic E-state index is -0.786. The molecule has 0 aromatic heterocycles. The number of nitrogens with zero attached hydrogens (tertiary/aromatic N) is 1. The number of methoxy groups -OCH3 is 1. The van der Waals surface area contributed by atoms with Crippen molar-refractivity contribution in [2.75, 3.05) is 29.9 Å². The largest absolute Gasteiger partial charge is 0.453 e. The van der Waals surface area contributed by atoms with E-state index in [1.807, 2.05) is 6.07 Å². The number of ether oxygens (including phenoxy) is 2. The summed E-state index contributed by atoms with van der Waals surface area (Å²) in [6, 6.07) is 6.71. The van der Waals surface area contributed by atoms with Crippen LogP contribution in [0.4, 0.5) is 21.0 Å². The summed E-state index contributed by atoms with van der Waals surface area (Å²) in [6.45, 7) is 1.71. The van der Waals surface area contributed by atoms with Crippen molar-refractivity contribution < 1.29 is 19.1 Å². The third kappa shape index (κ3) is 4.81. The maximum Gasteiger partial charge on any atom is 0.409 e. The van der Waals surface area contributed by atoms with E-state index in [0.29, 0.717) is 11.4 Å². The van der Waals surface area contributed by atoms with Gasteiger partial charge in [0.25, 0.3) is 0 Å². The lowest BCUT2D eigenvalue weighted by molar-refractivity contribution is 0.0582. The van der Waals surface area contributed by atoms with Gasteiger partial charge in [0.2, 0.25) is 0 Å². The number of hydrogen-bond donors (Lipinski definition) is 3. The summed E-state index contributed by atoms with van der Waals surface area (Å²) in [4.78, 5) is 25.4. The Balaban J connectivity index is 2.02. The van der Waals surface area contributed by atoms with Crippen LogP contribution in [0, 0.1) is 0 Å². The van der Waals surface area contributed by atoms with Crippen LogP contribution >= 0.6 is 23.2 Å². The third-order valence-corrected chi connectivity index (χ3v) is 4.60. The molecule has 2 rings (SSSR count). The summed E-state index contributed by atoms with van der Waals surface area (Å²) in [7, 11) is 1.25. The number of amides is 3. The second kappa shape index (κ2) is 8.98. The number of halogens is 2. The molecule has 0 fully saturated rings. The fourth-order valence-electron chi connectivity index (χ4n) is 2.20. The van der Waals surface area contributed by atoms with E-state index in [1.165, 1.54) is 12.0 Å². The number of carbonyl (C=O) groups excluding carboxylic acids is 2. The van der Waals surface area contributed by atoms with Gasteiger partial charge in [-0.25, -0.2) is 9.59 Å². The van der Waals surface area contributed by atoms with Crippen molar-refractivity contribution in [1.82, 2.24) is 10.6 Å². The van der Waals surface area contributed by atoms with Crippen molar-refractivity contribution in [1.29, 1.82) is 0 Å². The Morgan fingerprint density at radius 1 is 1.40 bits per heavy atom. The van der Waals surface area contributed by atoms with Crippen LogP contribution in [0.2, 0.25) is 0 Å². The molecule has 138 valence electrons. The Morgan fingerprint density at radius 3 is 2.80 bits per heavy atom. The average molecular weight is 391 g/mol. The molecule has 3 amide bonds. The van der Waals surface area contributed by atoms with Gasteiger partial charge in [-0.15, -0.1) is 23.2 Å². The van der Waals surface area contributed by atoms with E-state index in [-0.39, 0.29) is 24.1 Å². The topological polar surface area (TPSA) is 91.9 Å². The fourth-order valence-corrected chi connectivity index (χ4v) is 2.53. The second-order valence-electron chi connectivity index (χ2n) is 5.24. The molecule has 0 spiro atoms. The number of para-hydroxylation sites is 2. The van der Waals surface area contributed by atoms with Crippen LogP contribution in [0.3, 0.4) is 0 Å². The molecule has 1 aliphatic heterocycles. The highest BCUT2D eigenvalue weighted by Crippen LogP contribution is 2.33. The quantitative estimate of drug-likeness (QED) is 0.512. The standard InChI is InChI=1S/C15H20Cl2N4O4/c1-9(10(17)7-16)25-8-18-14(22)21-12-6-4-3-5-11(12)19-13(21)20-15(23)24-2/h3-6,9-10,13,19H,7-8H2,1-2H3,(H,18,22)(H,20,23). The SMILES string of the molecule is COC(=O)NC1Nc2ccccc2N1C(=O)NCOC(C)C(Cl)CCl. The number of alkyl carbamates (subject to hydrolysis) is 1. The van der Waals surface area contributed by atoms with E-state index in [2.05, 4.69) is 20.7 Å². The lowest BCUT2D eigenvalue weighted by Crippen LogP contribution is -2.55.